The van der Waals surface area contributed by atoms with E-state index in [-0.39, 0.29) is 0 Å². The molecule has 0 saturated heterocycles. The molecule has 10 heavy (non-hydrogen) atoms. The first kappa shape index (κ1) is 9.48. The predicted octanol–water partition coefficient (Wildman–Crippen LogP) is 3.55. The molecule has 0 rings (SSSR count). The Morgan fingerprint density at radius 3 is 2.40 bits per heavy atom. The second-order valence-electron chi connectivity index (χ2n) is 2.90. The Labute approximate surface area is 64.6 Å². The third-order valence-corrected chi connectivity index (χ3v) is 1.60. The third-order valence-electron chi connectivity index (χ3n) is 1.60. The van der Waals surface area contributed by atoms with E-state index in [1.54, 1.807) is 0 Å². The minimum Gasteiger partial charge on any atom is -0.0993 e. The molecular formula is C10H18. The summed E-state index contributed by atoms with van der Waals surface area (Å²) in [5, 5.41) is 0. The summed E-state index contributed by atoms with van der Waals surface area (Å²) in [6.07, 6.45) is 6.56. The van der Waals surface area contributed by atoms with Crippen LogP contribution in [0.15, 0.2) is 24.3 Å². The van der Waals surface area contributed by atoms with Crippen molar-refractivity contribution in [3.8, 4) is 0 Å². The van der Waals surface area contributed by atoms with Gasteiger partial charge in [-0.15, -0.1) is 0 Å². The lowest BCUT2D eigenvalue weighted by Gasteiger charge is -2.04. The van der Waals surface area contributed by atoms with Crippen molar-refractivity contribution in [2.45, 2.75) is 33.6 Å². The highest BCUT2D eigenvalue weighted by Crippen LogP contribution is 2.11. The molecule has 0 saturated carbocycles. The average molecular weight is 138 g/mol. The number of hydrogen-bond acceptors (Lipinski definition) is 0. The van der Waals surface area contributed by atoms with Crippen LogP contribution in [0.3, 0.4) is 0 Å². The van der Waals surface area contributed by atoms with Gasteiger partial charge in [-0.05, 0) is 18.8 Å². The largest absolute Gasteiger partial charge is 0.0993 e. The molecule has 0 atom stereocenters. The molecule has 0 bridgehead atoms. The zero-order chi connectivity index (χ0) is 7.98. The van der Waals surface area contributed by atoms with Gasteiger partial charge in [0.1, 0.15) is 0 Å². The smallest absolute Gasteiger partial charge is 0.0139 e. The number of allylic oxidation sites excluding steroid dienone is 3. The van der Waals surface area contributed by atoms with Crippen LogP contribution in [0.2, 0.25) is 0 Å². The standard InChI is InChI=1S/C10H18/c1-5-6-7-8-10(4)9(2)3/h6-7,9H,4-5,8H2,1-3H3/b7-6-. The molecule has 0 unspecified atom stereocenters. The fraction of sp³-hybridized carbons (Fsp3) is 0.600. The lowest BCUT2D eigenvalue weighted by Crippen LogP contribution is -1.89. The molecule has 0 aliphatic carbocycles. The number of hydrogen-bond donors (Lipinski definition) is 0. The van der Waals surface area contributed by atoms with Crippen LogP contribution in [0.1, 0.15) is 33.6 Å². The van der Waals surface area contributed by atoms with Crippen molar-refractivity contribution in [2.75, 3.05) is 0 Å². The highest BCUT2D eigenvalue weighted by Gasteiger charge is 1.95. The second-order valence-corrected chi connectivity index (χ2v) is 2.90. The summed E-state index contributed by atoms with van der Waals surface area (Å²) in [6, 6.07) is 0. The van der Waals surface area contributed by atoms with E-state index in [1.165, 1.54) is 5.57 Å². The summed E-state index contributed by atoms with van der Waals surface area (Å²) >= 11 is 0. The van der Waals surface area contributed by atoms with Gasteiger partial charge in [-0.1, -0.05) is 45.1 Å². The summed E-state index contributed by atoms with van der Waals surface area (Å²) in [6.45, 7) is 10.5. The Morgan fingerprint density at radius 2 is 2.00 bits per heavy atom. The first-order valence-electron chi connectivity index (χ1n) is 4.01. The van der Waals surface area contributed by atoms with Gasteiger partial charge in [0, 0.05) is 0 Å². The van der Waals surface area contributed by atoms with Gasteiger partial charge >= 0.3 is 0 Å². The first-order chi connectivity index (χ1) is 4.68. The zero-order valence-corrected chi connectivity index (χ0v) is 7.35. The van der Waals surface area contributed by atoms with E-state index in [0.29, 0.717) is 5.92 Å². The lowest BCUT2D eigenvalue weighted by molar-refractivity contribution is 0.751. The van der Waals surface area contributed by atoms with E-state index in [0.717, 1.165) is 12.8 Å². The van der Waals surface area contributed by atoms with E-state index in [9.17, 15) is 0 Å². The van der Waals surface area contributed by atoms with Crippen molar-refractivity contribution in [3.05, 3.63) is 24.3 Å². The highest BCUT2D eigenvalue weighted by atomic mass is 14.0. The molecule has 0 heterocycles. The fourth-order valence-corrected chi connectivity index (χ4v) is 0.637. The van der Waals surface area contributed by atoms with Crippen LogP contribution in [0.25, 0.3) is 0 Å². The van der Waals surface area contributed by atoms with E-state index in [2.05, 4.69) is 39.5 Å². The quantitative estimate of drug-likeness (QED) is 0.521. The van der Waals surface area contributed by atoms with Crippen LogP contribution >= 0.6 is 0 Å². The third kappa shape index (κ3) is 4.37. The molecule has 0 fully saturated rings. The molecule has 0 radical (unpaired) electrons. The van der Waals surface area contributed by atoms with Crippen molar-refractivity contribution in [1.82, 2.24) is 0 Å². The molecule has 0 spiro atoms. The van der Waals surface area contributed by atoms with Gasteiger partial charge in [-0.3, -0.25) is 0 Å². The highest BCUT2D eigenvalue weighted by molar-refractivity contribution is 5.04. The van der Waals surface area contributed by atoms with Gasteiger partial charge < -0.3 is 0 Å². The minimum atomic E-state index is 0.626. The van der Waals surface area contributed by atoms with E-state index in [1.807, 2.05) is 0 Å². The van der Waals surface area contributed by atoms with Crippen molar-refractivity contribution < 1.29 is 0 Å². The Balaban J connectivity index is 3.49. The molecule has 58 valence electrons. The first-order valence-corrected chi connectivity index (χ1v) is 4.01. The van der Waals surface area contributed by atoms with Crippen LogP contribution in [0.5, 0.6) is 0 Å². The molecule has 0 amide bonds. The maximum absolute atomic E-state index is 3.97. The van der Waals surface area contributed by atoms with E-state index < -0.39 is 0 Å². The maximum Gasteiger partial charge on any atom is -0.0139 e. The van der Waals surface area contributed by atoms with Crippen LogP contribution in [0.4, 0.5) is 0 Å². The van der Waals surface area contributed by atoms with E-state index in [4.69, 9.17) is 0 Å². The van der Waals surface area contributed by atoms with Crippen LogP contribution in [-0.2, 0) is 0 Å². The molecule has 0 aliphatic rings. The van der Waals surface area contributed by atoms with Gasteiger partial charge in [0.2, 0.25) is 0 Å². The van der Waals surface area contributed by atoms with Gasteiger partial charge in [0.15, 0.2) is 0 Å². The maximum atomic E-state index is 3.97. The second kappa shape index (κ2) is 5.28. The van der Waals surface area contributed by atoms with Crippen LogP contribution < -0.4 is 0 Å². The Bertz CT molecular complexity index is 118. The minimum absolute atomic E-state index is 0.626. The van der Waals surface area contributed by atoms with Gasteiger partial charge in [-0.25, -0.2) is 0 Å². The number of rotatable bonds is 4. The molecule has 0 nitrogen and oxygen atoms in total. The van der Waals surface area contributed by atoms with Gasteiger partial charge in [0.25, 0.3) is 0 Å². The van der Waals surface area contributed by atoms with Gasteiger partial charge in [0.05, 0.1) is 0 Å². The summed E-state index contributed by atoms with van der Waals surface area (Å²) in [5.41, 5.74) is 1.32. The molecular weight excluding hydrogens is 120 g/mol. The normalized spacial score (nSPS) is 11.2. The molecule has 0 aromatic heterocycles. The monoisotopic (exact) mass is 138 g/mol. The van der Waals surface area contributed by atoms with Crippen molar-refractivity contribution in [2.24, 2.45) is 5.92 Å². The summed E-state index contributed by atoms with van der Waals surface area (Å²) in [5.74, 6) is 0.626. The van der Waals surface area contributed by atoms with Crippen molar-refractivity contribution >= 4 is 0 Å². The SMILES string of the molecule is C=C(C/C=C\CC)C(C)C. The van der Waals surface area contributed by atoms with E-state index >= 15 is 0 Å². The molecule has 0 N–H and O–H groups in total. The molecule has 0 heteroatoms. The zero-order valence-electron chi connectivity index (χ0n) is 7.35. The molecule has 0 aromatic rings. The summed E-state index contributed by atoms with van der Waals surface area (Å²) < 4.78 is 0. The van der Waals surface area contributed by atoms with Crippen LogP contribution in [0, 0.1) is 5.92 Å². The topological polar surface area (TPSA) is 0 Å². The Hall–Kier alpha value is -0.520. The van der Waals surface area contributed by atoms with Crippen LogP contribution in [-0.4, -0.2) is 0 Å². The average Bonchev–Trinajstić information content (AvgIpc) is 1.88. The molecule has 0 aliphatic heterocycles. The van der Waals surface area contributed by atoms with Crippen molar-refractivity contribution in [1.29, 1.82) is 0 Å². The lowest BCUT2D eigenvalue weighted by atomic mass is 10.0. The Kier molecular flexibility index (Phi) is 5.00. The van der Waals surface area contributed by atoms with Crippen molar-refractivity contribution in [3.63, 3.8) is 0 Å². The predicted molar refractivity (Wildman–Crippen MR) is 48.0 cm³/mol. The molecule has 0 aromatic carbocycles. The summed E-state index contributed by atoms with van der Waals surface area (Å²) in [7, 11) is 0. The van der Waals surface area contributed by atoms with Gasteiger partial charge in [-0.2, -0.15) is 0 Å². The Morgan fingerprint density at radius 1 is 1.40 bits per heavy atom. The fourth-order valence-electron chi connectivity index (χ4n) is 0.637. The summed E-state index contributed by atoms with van der Waals surface area (Å²) in [4.78, 5) is 0.